The third-order valence-corrected chi connectivity index (χ3v) is 8.36. The van der Waals surface area contributed by atoms with Gasteiger partial charge >= 0.3 is 0 Å². The van der Waals surface area contributed by atoms with E-state index in [1.807, 2.05) is 0 Å². The standard InChI is InChI=1S/C27H37N3O4S/c1-27(2,3)17-8-10-19-22(14-17)35-26(29-23(31)16-30-12-6-7-13-30)24(19)25(32)28-20-11-9-18(33-4)15-21(20)34-5/h9,11,15,17H,6-8,10,12-14,16H2,1-5H3,(H,28,32)(H,29,31). The van der Waals surface area contributed by atoms with Crippen LogP contribution in [0, 0.1) is 11.3 Å². The molecule has 7 nitrogen and oxygen atoms in total. The van der Waals surface area contributed by atoms with Crippen molar-refractivity contribution < 1.29 is 19.1 Å². The number of fused-ring (bicyclic) bond motifs is 1. The van der Waals surface area contributed by atoms with Gasteiger partial charge in [0, 0.05) is 10.9 Å². The fourth-order valence-corrected chi connectivity index (χ4v) is 6.39. The maximum Gasteiger partial charge on any atom is 0.259 e. The molecule has 1 aromatic carbocycles. The van der Waals surface area contributed by atoms with Crippen LogP contribution >= 0.6 is 11.3 Å². The van der Waals surface area contributed by atoms with E-state index in [1.54, 1.807) is 43.8 Å². The van der Waals surface area contributed by atoms with Gasteiger partial charge in [0.25, 0.3) is 5.91 Å². The molecule has 0 radical (unpaired) electrons. The molecule has 8 heteroatoms. The predicted octanol–water partition coefficient (Wildman–Crippen LogP) is 5.20. The number of carbonyl (C=O) groups excluding carboxylic acids is 2. The molecule has 4 rings (SSSR count). The Labute approximate surface area is 212 Å². The number of ether oxygens (including phenoxy) is 2. The van der Waals surface area contributed by atoms with E-state index in [9.17, 15) is 9.59 Å². The second-order valence-corrected chi connectivity index (χ2v) is 11.7. The number of rotatable bonds is 7. The Balaban J connectivity index is 1.63. The number of hydrogen-bond donors (Lipinski definition) is 2. The van der Waals surface area contributed by atoms with Crippen molar-refractivity contribution in [3.63, 3.8) is 0 Å². The molecule has 2 N–H and O–H groups in total. The van der Waals surface area contributed by atoms with Crippen LogP contribution in [0.25, 0.3) is 0 Å². The van der Waals surface area contributed by atoms with Crippen molar-refractivity contribution in [2.24, 2.45) is 11.3 Å². The lowest BCUT2D eigenvalue weighted by molar-refractivity contribution is -0.117. The third kappa shape index (κ3) is 5.81. The Morgan fingerprint density at radius 3 is 2.51 bits per heavy atom. The van der Waals surface area contributed by atoms with Crippen LogP contribution in [0.3, 0.4) is 0 Å². The number of benzene rings is 1. The summed E-state index contributed by atoms with van der Waals surface area (Å²) in [5, 5.41) is 6.76. The first-order valence-electron chi connectivity index (χ1n) is 12.4. The Hall–Kier alpha value is -2.58. The van der Waals surface area contributed by atoms with Gasteiger partial charge in [-0.25, -0.2) is 0 Å². The van der Waals surface area contributed by atoms with E-state index in [2.05, 4.69) is 36.3 Å². The molecule has 1 atom stereocenters. The van der Waals surface area contributed by atoms with Crippen LogP contribution in [0.15, 0.2) is 18.2 Å². The van der Waals surface area contributed by atoms with Gasteiger partial charge in [-0.3, -0.25) is 14.5 Å². The van der Waals surface area contributed by atoms with Gasteiger partial charge in [0.05, 0.1) is 32.0 Å². The highest BCUT2D eigenvalue weighted by Crippen LogP contribution is 2.44. The average molecular weight is 500 g/mol. The lowest BCUT2D eigenvalue weighted by atomic mass is 9.72. The van der Waals surface area contributed by atoms with Gasteiger partial charge in [-0.2, -0.15) is 0 Å². The second-order valence-electron chi connectivity index (χ2n) is 10.6. The van der Waals surface area contributed by atoms with Crippen molar-refractivity contribution in [3.8, 4) is 11.5 Å². The number of nitrogens with zero attached hydrogens (tertiary/aromatic N) is 1. The summed E-state index contributed by atoms with van der Waals surface area (Å²) in [7, 11) is 3.15. The molecular weight excluding hydrogens is 462 g/mol. The number of hydrogen-bond acceptors (Lipinski definition) is 6. The summed E-state index contributed by atoms with van der Waals surface area (Å²) in [6.07, 6.45) is 5.05. The van der Waals surface area contributed by atoms with Crippen molar-refractivity contribution in [1.82, 2.24) is 4.90 Å². The van der Waals surface area contributed by atoms with Crippen LogP contribution in [0.1, 0.15) is 60.8 Å². The van der Waals surface area contributed by atoms with E-state index in [-0.39, 0.29) is 17.2 Å². The van der Waals surface area contributed by atoms with Crippen LogP contribution in [-0.2, 0) is 17.6 Å². The SMILES string of the molecule is COc1ccc(NC(=O)c2c(NC(=O)CN3CCCC3)sc3c2CCC(C(C)(C)C)C3)c(OC)c1. The number of anilines is 2. The van der Waals surface area contributed by atoms with Gasteiger partial charge in [0.15, 0.2) is 0 Å². The lowest BCUT2D eigenvalue weighted by Gasteiger charge is -2.33. The molecule has 0 spiro atoms. The Bertz CT molecular complexity index is 1080. The highest BCUT2D eigenvalue weighted by Gasteiger charge is 2.34. The summed E-state index contributed by atoms with van der Waals surface area (Å²) in [6.45, 7) is 9.09. The second kappa shape index (κ2) is 10.6. The largest absolute Gasteiger partial charge is 0.497 e. The monoisotopic (exact) mass is 499 g/mol. The quantitative estimate of drug-likeness (QED) is 0.547. The predicted molar refractivity (Wildman–Crippen MR) is 141 cm³/mol. The maximum atomic E-state index is 13.6. The summed E-state index contributed by atoms with van der Waals surface area (Å²) >= 11 is 1.56. The molecule has 2 aliphatic rings. The number of thiophene rings is 1. The van der Waals surface area contributed by atoms with Gasteiger partial charge < -0.3 is 20.1 Å². The van der Waals surface area contributed by atoms with Gasteiger partial charge in [0.1, 0.15) is 16.5 Å². The molecule has 2 amide bonds. The lowest BCUT2D eigenvalue weighted by Crippen LogP contribution is -2.31. The number of amides is 2. The molecule has 1 unspecified atom stereocenters. The molecule has 2 heterocycles. The minimum absolute atomic E-state index is 0.0612. The molecule has 35 heavy (non-hydrogen) atoms. The smallest absolute Gasteiger partial charge is 0.259 e. The first-order chi connectivity index (χ1) is 16.7. The van der Waals surface area contributed by atoms with Gasteiger partial charge in [-0.15, -0.1) is 11.3 Å². The number of carbonyl (C=O) groups is 2. The zero-order valence-corrected chi connectivity index (χ0v) is 22.3. The van der Waals surface area contributed by atoms with Crippen molar-refractivity contribution in [1.29, 1.82) is 0 Å². The Morgan fingerprint density at radius 2 is 1.86 bits per heavy atom. The minimum atomic E-state index is -0.225. The average Bonchev–Trinajstić information content (AvgIpc) is 3.45. The summed E-state index contributed by atoms with van der Waals surface area (Å²) in [6, 6.07) is 5.30. The van der Waals surface area contributed by atoms with Crippen LogP contribution in [0.2, 0.25) is 0 Å². The van der Waals surface area contributed by atoms with Crippen LogP contribution in [0.4, 0.5) is 10.7 Å². The Kier molecular flexibility index (Phi) is 7.71. The van der Waals surface area contributed by atoms with Gasteiger partial charge in [0.2, 0.25) is 5.91 Å². The Morgan fingerprint density at radius 1 is 1.11 bits per heavy atom. The normalized spacial score (nSPS) is 18.1. The highest BCUT2D eigenvalue weighted by molar-refractivity contribution is 7.17. The first kappa shape index (κ1) is 25.5. The molecule has 0 saturated carbocycles. The molecule has 1 aliphatic carbocycles. The molecular formula is C27H37N3O4S. The first-order valence-corrected chi connectivity index (χ1v) is 13.2. The summed E-state index contributed by atoms with van der Waals surface area (Å²) < 4.78 is 10.7. The summed E-state index contributed by atoms with van der Waals surface area (Å²) in [4.78, 5) is 29.9. The zero-order chi connectivity index (χ0) is 25.2. The van der Waals surface area contributed by atoms with E-state index < -0.39 is 0 Å². The topological polar surface area (TPSA) is 79.9 Å². The molecule has 1 saturated heterocycles. The molecule has 1 fully saturated rings. The molecule has 190 valence electrons. The van der Waals surface area contributed by atoms with Gasteiger partial charge in [-0.05, 0) is 74.2 Å². The fourth-order valence-electron chi connectivity index (χ4n) is 5.05. The number of methoxy groups -OCH3 is 2. The maximum absolute atomic E-state index is 13.6. The van der Waals surface area contributed by atoms with E-state index in [0.29, 0.717) is 40.2 Å². The summed E-state index contributed by atoms with van der Waals surface area (Å²) in [5.74, 6) is 1.43. The van der Waals surface area contributed by atoms with Crippen LogP contribution < -0.4 is 20.1 Å². The molecule has 1 aromatic heterocycles. The van der Waals surface area contributed by atoms with E-state index in [1.165, 1.54) is 4.88 Å². The van der Waals surface area contributed by atoms with Crippen molar-refractivity contribution >= 4 is 33.8 Å². The zero-order valence-electron chi connectivity index (χ0n) is 21.5. The molecule has 2 aromatic rings. The minimum Gasteiger partial charge on any atom is -0.497 e. The van der Waals surface area contributed by atoms with Crippen molar-refractivity contribution in [3.05, 3.63) is 34.2 Å². The van der Waals surface area contributed by atoms with Crippen molar-refractivity contribution in [2.75, 3.05) is 44.5 Å². The highest BCUT2D eigenvalue weighted by atomic mass is 32.1. The molecule has 0 bridgehead atoms. The third-order valence-electron chi connectivity index (χ3n) is 7.19. The van der Waals surface area contributed by atoms with E-state index in [0.717, 1.165) is 50.8 Å². The van der Waals surface area contributed by atoms with Gasteiger partial charge in [-0.1, -0.05) is 20.8 Å². The van der Waals surface area contributed by atoms with Crippen LogP contribution in [0.5, 0.6) is 11.5 Å². The molecule has 1 aliphatic heterocycles. The van der Waals surface area contributed by atoms with E-state index >= 15 is 0 Å². The van der Waals surface area contributed by atoms with Crippen LogP contribution in [-0.4, -0.2) is 50.6 Å². The van der Waals surface area contributed by atoms with Crippen molar-refractivity contribution in [2.45, 2.75) is 52.9 Å². The summed E-state index contributed by atoms with van der Waals surface area (Å²) in [5.41, 5.74) is 2.41. The number of nitrogens with one attached hydrogen (secondary N) is 2. The number of likely N-dealkylation sites (tertiary alicyclic amines) is 1. The fraction of sp³-hybridized carbons (Fsp3) is 0.556. The van der Waals surface area contributed by atoms with E-state index in [4.69, 9.17) is 9.47 Å².